The molecule has 2 aromatic rings. The maximum absolute atomic E-state index is 13.4. The topological polar surface area (TPSA) is 170 Å². The van der Waals surface area contributed by atoms with Crippen molar-refractivity contribution in [2.75, 3.05) is 38.0 Å². The summed E-state index contributed by atoms with van der Waals surface area (Å²) in [6, 6.07) is 0. The lowest BCUT2D eigenvalue weighted by atomic mass is 10.1. The fraction of sp³-hybridized carbons (Fsp3) is 0.500. The van der Waals surface area contributed by atoms with Crippen LogP contribution in [0.3, 0.4) is 0 Å². The van der Waals surface area contributed by atoms with E-state index in [2.05, 4.69) is 9.97 Å². The molecule has 0 saturated heterocycles. The summed E-state index contributed by atoms with van der Waals surface area (Å²) in [5.74, 6) is -1.76. The number of aromatic nitrogens is 3. The molecule has 0 unspecified atom stereocenters. The number of H-pyrrole nitrogens is 2. The van der Waals surface area contributed by atoms with Crippen LogP contribution in [0.25, 0.3) is 0 Å². The van der Waals surface area contributed by atoms with E-state index in [1.165, 1.54) is 25.7 Å². The van der Waals surface area contributed by atoms with E-state index in [4.69, 9.17) is 15.2 Å². The second-order valence-electron chi connectivity index (χ2n) is 8.24. The summed E-state index contributed by atoms with van der Waals surface area (Å²) in [5.41, 5.74) is 5.24. The van der Waals surface area contributed by atoms with Gasteiger partial charge in [-0.1, -0.05) is 13.8 Å². The molecule has 0 spiro atoms. The average Bonchev–Trinajstić information content (AvgIpc) is 3.08. The molecule has 12 heteroatoms. The molecule has 0 aliphatic carbocycles. The molecule has 0 aromatic carbocycles. The molecule has 2 aromatic heterocycles. The highest BCUT2D eigenvalue weighted by molar-refractivity contribution is 6.03. The van der Waals surface area contributed by atoms with Gasteiger partial charge in [-0.25, -0.2) is 9.59 Å². The normalized spacial score (nSPS) is 11.0. The zero-order valence-electron chi connectivity index (χ0n) is 20.2. The molecular weight excluding hydrogens is 446 g/mol. The Morgan fingerprint density at radius 3 is 2.32 bits per heavy atom. The second kappa shape index (κ2) is 11.0. The van der Waals surface area contributed by atoms with E-state index in [1.807, 2.05) is 13.8 Å². The van der Waals surface area contributed by atoms with Gasteiger partial charge in [-0.05, 0) is 18.4 Å². The number of ketones is 1. The number of anilines is 2. The zero-order chi connectivity index (χ0) is 25.7. The number of methoxy groups -OCH3 is 2. The van der Waals surface area contributed by atoms with Gasteiger partial charge in [-0.3, -0.25) is 23.9 Å². The van der Waals surface area contributed by atoms with Gasteiger partial charge >= 0.3 is 11.7 Å². The van der Waals surface area contributed by atoms with Gasteiger partial charge in [0.1, 0.15) is 5.82 Å². The number of hydrogen-bond acceptors (Lipinski definition) is 8. The zero-order valence-corrected chi connectivity index (χ0v) is 20.2. The third-order valence-corrected chi connectivity index (χ3v) is 5.25. The van der Waals surface area contributed by atoms with Crippen molar-refractivity contribution in [3.8, 4) is 0 Å². The maximum Gasteiger partial charge on any atom is 0.339 e. The van der Waals surface area contributed by atoms with E-state index < -0.39 is 23.1 Å². The van der Waals surface area contributed by atoms with Crippen LogP contribution >= 0.6 is 0 Å². The number of carbonyl (C=O) groups excluding carboxylic acids is 3. The van der Waals surface area contributed by atoms with Gasteiger partial charge in [-0.15, -0.1) is 0 Å². The molecule has 0 bridgehead atoms. The van der Waals surface area contributed by atoms with Crippen LogP contribution in [0.15, 0.2) is 9.59 Å². The number of nitrogens with one attached hydrogen (secondary N) is 2. The number of hydrogen-bond donors (Lipinski definition) is 3. The number of ether oxygens (including phenoxy) is 2. The molecule has 0 aliphatic heterocycles. The molecule has 186 valence electrons. The van der Waals surface area contributed by atoms with Crippen molar-refractivity contribution in [2.45, 2.75) is 40.7 Å². The molecule has 34 heavy (non-hydrogen) atoms. The molecule has 0 aliphatic rings. The van der Waals surface area contributed by atoms with E-state index in [-0.39, 0.29) is 66.3 Å². The SMILES string of the molecule is COCCN(C(=O)Cc1[nH]c(C(C)=O)c(C)c1C(=O)OC)c1c(N)n(CC(C)C)c(=O)[nH]c1=O. The van der Waals surface area contributed by atoms with E-state index in [0.29, 0.717) is 5.56 Å². The van der Waals surface area contributed by atoms with Crippen molar-refractivity contribution in [1.29, 1.82) is 0 Å². The number of carbonyl (C=O) groups is 3. The van der Waals surface area contributed by atoms with Crippen molar-refractivity contribution < 1.29 is 23.9 Å². The van der Waals surface area contributed by atoms with Crippen LogP contribution in [0.5, 0.6) is 0 Å². The Kier molecular flexibility index (Phi) is 8.57. The standard InChI is InChI=1S/C22H31N5O7/c1-11(2)10-27-19(23)18(20(30)25-22(27)32)26(7-8-33-5)15(29)9-14-16(21(31)34-6)12(3)17(24-14)13(4)28/h11,24H,7-10,23H2,1-6H3,(H,25,30,32). The summed E-state index contributed by atoms with van der Waals surface area (Å²) in [5, 5.41) is 0. The van der Waals surface area contributed by atoms with Crippen LogP contribution in [-0.4, -0.2) is 59.6 Å². The predicted octanol–water partition coefficient (Wildman–Crippen LogP) is 0.623. The highest BCUT2D eigenvalue weighted by Gasteiger charge is 2.29. The van der Waals surface area contributed by atoms with Crippen LogP contribution in [-0.2, 0) is 27.2 Å². The Morgan fingerprint density at radius 2 is 1.79 bits per heavy atom. The summed E-state index contributed by atoms with van der Waals surface area (Å²) >= 11 is 0. The lowest BCUT2D eigenvalue weighted by Gasteiger charge is -2.24. The molecule has 2 rings (SSSR count). The molecule has 1 amide bonds. The lowest BCUT2D eigenvalue weighted by Crippen LogP contribution is -2.43. The largest absolute Gasteiger partial charge is 0.465 e. The third kappa shape index (κ3) is 5.45. The summed E-state index contributed by atoms with van der Waals surface area (Å²) in [6.45, 7) is 6.90. The van der Waals surface area contributed by atoms with Gasteiger partial charge in [0.25, 0.3) is 5.56 Å². The van der Waals surface area contributed by atoms with Gasteiger partial charge in [0.2, 0.25) is 5.91 Å². The Balaban J connectivity index is 2.61. The molecule has 2 heterocycles. The van der Waals surface area contributed by atoms with Crippen molar-refractivity contribution in [1.82, 2.24) is 14.5 Å². The number of rotatable bonds is 10. The smallest absolute Gasteiger partial charge is 0.339 e. The highest BCUT2D eigenvalue weighted by atomic mass is 16.5. The Labute approximate surface area is 196 Å². The van der Waals surface area contributed by atoms with Crippen LogP contribution < -0.4 is 21.9 Å². The number of aromatic amines is 2. The maximum atomic E-state index is 13.4. The fourth-order valence-corrected chi connectivity index (χ4v) is 3.70. The quantitative estimate of drug-likeness (QED) is 0.330. The van der Waals surface area contributed by atoms with Crippen LogP contribution in [0.1, 0.15) is 52.9 Å². The molecule has 4 N–H and O–H groups in total. The third-order valence-electron chi connectivity index (χ3n) is 5.25. The summed E-state index contributed by atoms with van der Waals surface area (Å²) < 4.78 is 11.1. The number of nitrogens with two attached hydrogens (primary N) is 1. The first-order valence-corrected chi connectivity index (χ1v) is 10.7. The number of amides is 1. The monoisotopic (exact) mass is 477 g/mol. The van der Waals surface area contributed by atoms with Crippen molar-refractivity contribution in [2.24, 2.45) is 5.92 Å². The van der Waals surface area contributed by atoms with Gasteiger partial charge in [-0.2, -0.15) is 0 Å². The molecule has 0 fully saturated rings. The molecule has 0 radical (unpaired) electrons. The minimum Gasteiger partial charge on any atom is -0.465 e. The summed E-state index contributed by atoms with van der Waals surface area (Å²) in [4.78, 5) is 68.9. The Bertz CT molecular complexity index is 1210. The van der Waals surface area contributed by atoms with Gasteiger partial charge < -0.3 is 25.1 Å². The van der Waals surface area contributed by atoms with Crippen LogP contribution in [0, 0.1) is 12.8 Å². The van der Waals surface area contributed by atoms with Gasteiger partial charge in [0.05, 0.1) is 31.4 Å². The molecule has 0 saturated carbocycles. The molecular formula is C22H31N5O7. The fourth-order valence-electron chi connectivity index (χ4n) is 3.70. The molecule has 12 nitrogen and oxygen atoms in total. The highest BCUT2D eigenvalue weighted by Crippen LogP contribution is 2.23. The second-order valence-corrected chi connectivity index (χ2v) is 8.24. The Morgan fingerprint density at radius 1 is 1.15 bits per heavy atom. The van der Waals surface area contributed by atoms with Gasteiger partial charge in [0, 0.05) is 32.8 Å². The first-order valence-electron chi connectivity index (χ1n) is 10.7. The average molecular weight is 478 g/mol. The van der Waals surface area contributed by atoms with Crippen molar-refractivity contribution in [3.05, 3.63) is 43.4 Å². The minimum atomic E-state index is -0.827. The first kappa shape index (κ1) is 26.6. The number of nitrogens with zero attached hydrogens (tertiary/aromatic N) is 2. The van der Waals surface area contributed by atoms with E-state index in [1.54, 1.807) is 6.92 Å². The predicted molar refractivity (Wildman–Crippen MR) is 125 cm³/mol. The van der Waals surface area contributed by atoms with E-state index >= 15 is 0 Å². The minimum absolute atomic E-state index is 0.0383. The van der Waals surface area contributed by atoms with Crippen LogP contribution in [0.4, 0.5) is 11.5 Å². The first-order chi connectivity index (χ1) is 15.9. The van der Waals surface area contributed by atoms with E-state index in [0.717, 1.165) is 4.90 Å². The van der Waals surface area contributed by atoms with Crippen molar-refractivity contribution >= 4 is 29.2 Å². The van der Waals surface area contributed by atoms with Crippen LogP contribution in [0.2, 0.25) is 0 Å². The van der Waals surface area contributed by atoms with Crippen molar-refractivity contribution in [3.63, 3.8) is 0 Å². The number of nitrogen functional groups attached to an aromatic ring is 1. The van der Waals surface area contributed by atoms with E-state index in [9.17, 15) is 24.0 Å². The molecule has 0 atom stereocenters. The summed E-state index contributed by atoms with van der Waals surface area (Å²) in [7, 11) is 2.62. The number of esters is 1. The number of Topliss-reactive ketones (excluding diaryl/α,β-unsaturated/α-hetero) is 1. The van der Waals surface area contributed by atoms with Gasteiger partial charge in [0.15, 0.2) is 11.5 Å². The summed E-state index contributed by atoms with van der Waals surface area (Å²) in [6.07, 6.45) is -0.371. The Hall–Kier alpha value is -3.67. The lowest BCUT2D eigenvalue weighted by molar-refractivity contribution is -0.118.